The predicted molar refractivity (Wildman–Crippen MR) is 76.6 cm³/mol. The standard InChI is InChI=1S/C15H14F3N3O/c16-15(17,18)10-20-6-7-21(14(22)9-20)13-3-1-2-11-8-19-5-4-12(11)13/h1-5,8H,6-7,9-10H2. The van der Waals surface area contributed by atoms with Crippen LogP contribution in [-0.4, -0.2) is 48.1 Å². The first-order valence-corrected chi connectivity index (χ1v) is 6.86. The summed E-state index contributed by atoms with van der Waals surface area (Å²) in [6.07, 6.45) is -0.951. The third-order valence-corrected chi connectivity index (χ3v) is 3.65. The lowest BCUT2D eigenvalue weighted by Gasteiger charge is -2.35. The number of carbonyl (C=O) groups excluding carboxylic acids is 1. The number of hydrogen-bond donors (Lipinski definition) is 0. The molecule has 2 heterocycles. The Hall–Kier alpha value is -2.15. The zero-order chi connectivity index (χ0) is 15.7. The Balaban J connectivity index is 1.83. The molecule has 2 aromatic rings. The van der Waals surface area contributed by atoms with Gasteiger partial charge >= 0.3 is 6.18 Å². The molecule has 1 fully saturated rings. The largest absolute Gasteiger partial charge is 0.401 e. The molecule has 0 saturated carbocycles. The summed E-state index contributed by atoms with van der Waals surface area (Å²) in [6.45, 7) is -0.823. The Morgan fingerprint density at radius 2 is 2.00 bits per heavy atom. The number of aromatic nitrogens is 1. The molecule has 1 saturated heterocycles. The summed E-state index contributed by atoms with van der Waals surface area (Å²) in [4.78, 5) is 19.0. The zero-order valence-electron chi connectivity index (χ0n) is 11.7. The van der Waals surface area contributed by atoms with Crippen molar-refractivity contribution in [3.63, 3.8) is 0 Å². The molecule has 0 spiro atoms. The van der Waals surface area contributed by atoms with Crippen molar-refractivity contribution < 1.29 is 18.0 Å². The number of rotatable bonds is 2. The van der Waals surface area contributed by atoms with Gasteiger partial charge in [-0.05, 0) is 12.1 Å². The van der Waals surface area contributed by atoms with E-state index in [9.17, 15) is 18.0 Å². The van der Waals surface area contributed by atoms with E-state index in [2.05, 4.69) is 4.98 Å². The van der Waals surface area contributed by atoms with Crippen LogP contribution in [0, 0.1) is 0 Å². The van der Waals surface area contributed by atoms with Crippen molar-refractivity contribution >= 4 is 22.4 Å². The molecule has 1 aliphatic rings. The van der Waals surface area contributed by atoms with Crippen molar-refractivity contribution in [1.29, 1.82) is 0 Å². The summed E-state index contributed by atoms with van der Waals surface area (Å²) >= 11 is 0. The lowest BCUT2D eigenvalue weighted by Crippen LogP contribution is -2.52. The third kappa shape index (κ3) is 3.04. The van der Waals surface area contributed by atoms with Gasteiger partial charge in [0.25, 0.3) is 0 Å². The van der Waals surface area contributed by atoms with Crippen molar-refractivity contribution in [1.82, 2.24) is 9.88 Å². The van der Waals surface area contributed by atoms with E-state index in [-0.39, 0.29) is 25.5 Å². The highest BCUT2D eigenvalue weighted by atomic mass is 19.4. The smallest absolute Gasteiger partial charge is 0.309 e. The summed E-state index contributed by atoms with van der Waals surface area (Å²) in [5.41, 5.74) is 0.719. The second-order valence-electron chi connectivity index (χ2n) is 5.25. The summed E-state index contributed by atoms with van der Waals surface area (Å²) in [6, 6.07) is 7.31. The maximum Gasteiger partial charge on any atom is 0.401 e. The first kappa shape index (κ1) is 14.8. The molecule has 4 nitrogen and oxygen atoms in total. The highest BCUT2D eigenvalue weighted by Gasteiger charge is 2.35. The van der Waals surface area contributed by atoms with Crippen molar-refractivity contribution in [2.45, 2.75) is 6.18 Å². The van der Waals surface area contributed by atoms with Crippen LogP contribution in [0.3, 0.4) is 0 Å². The fourth-order valence-corrected chi connectivity index (χ4v) is 2.71. The fraction of sp³-hybridized carbons (Fsp3) is 0.333. The third-order valence-electron chi connectivity index (χ3n) is 3.65. The van der Waals surface area contributed by atoms with Crippen molar-refractivity contribution in [3.8, 4) is 0 Å². The molecule has 3 rings (SSSR count). The van der Waals surface area contributed by atoms with Crippen LogP contribution >= 0.6 is 0 Å². The molecule has 0 bridgehead atoms. The number of nitrogens with zero attached hydrogens (tertiary/aromatic N) is 3. The van der Waals surface area contributed by atoms with Crippen molar-refractivity contribution in [2.75, 3.05) is 31.1 Å². The average Bonchev–Trinajstić information content (AvgIpc) is 2.45. The summed E-state index contributed by atoms with van der Waals surface area (Å²) in [7, 11) is 0. The van der Waals surface area contributed by atoms with Gasteiger partial charge in [0.15, 0.2) is 0 Å². The predicted octanol–water partition coefficient (Wildman–Crippen LogP) is 2.45. The SMILES string of the molecule is O=C1CN(CC(F)(F)F)CCN1c1cccc2cnccc12. The summed E-state index contributed by atoms with van der Waals surface area (Å²) in [5.74, 6) is -0.320. The van der Waals surface area contributed by atoms with Crippen molar-refractivity contribution in [3.05, 3.63) is 36.7 Å². The first-order chi connectivity index (χ1) is 10.4. The van der Waals surface area contributed by atoms with Crippen LogP contribution in [0.1, 0.15) is 0 Å². The fourth-order valence-electron chi connectivity index (χ4n) is 2.71. The molecule has 7 heteroatoms. The molecule has 1 amide bonds. The Morgan fingerprint density at radius 3 is 2.73 bits per heavy atom. The first-order valence-electron chi connectivity index (χ1n) is 6.86. The van der Waals surface area contributed by atoms with Crippen LogP contribution in [-0.2, 0) is 4.79 Å². The van der Waals surface area contributed by atoms with Crippen LogP contribution < -0.4 is 4.90 Å². The Bertz CT molecular complexity index is 696. The van der Waals surface area contributed by atoms with Gasteiger partial charge in [0, 0.05) is 36.3 Å². The molecule has 0 unspecified atom stereocenters. The minimum absolute atomic E-state index is 0.201. The molecule has 1 aliphatic heterocycles. The number of fused-ring (bicyclic) bond motifs is 1. The molecule has 0 atom stereocenters. The molecule has 0 N–H and O–H groups in total. The minimum atomic E-state index is -4.28. The van der Waals surface area contributed by atoms with Gasteiger partial charge in [-0.3, -0.25) is 14.7 Å². The Kier molecular flexibility index (Phi) is 3.74. The van der Waals surface area contributed by atoms with Crippen LogP contribution in [0.5, 0.6) is 0 Å². The van der Waals surface area contributed by atoms with Gasteiger partial charge in [0.1, 0.15) is 0 Å². The van der Waals surface area contributed by atoms with E-state index in [1.807, 2.05) is 12.1 Å². The number of amides is 1. The highest BCUT2D eigenvalue weighted by molar-refractivity contribution is 6.04. The van der Waals surface area contributed by atoms with Gasteiger partial charge in [-0.15, -0.1) is 0 Å². The van der Waals surface area contributed by atoms with Gasteiger partial charge < -0.3 is 4.90 Å². The van der Waals surface area contributed by atoms with E-state index >= 15 is 0 Å². The van der Waals surface area contributed by atoms with Crippen LogP contribution in [0.15, 0.2) is 36.7 Å². The molecule has 0 aliphatic carbocycles. The van der Waals surface area contributed by atoms with E-state index in [1.165, 1.54) is 0 Å². The normalized spacial score (nSPS) is 17.2. The molecule has 1 aromatic carbocycles. The molecular formula is C15H14F3N3O. The number of carbonyl (C=O) groups is 1. The van der Waals surface area contributed by atoms with Gasteiger partial charge in [-0.1, -0.05) is 12.1 Å². The van der Waals surface area contributed by atoms with E-state index < -0.39 is 12.7 Å². The van der Waals surface area contributed by atoms with Gasteiger partial charge in [-0.2, -0.15) is 13.2 Å². The average molecular weight is 309 g/mol. The van der Waals surface area contributed by atoms with Crippen LogP contribution in [0.25, 0.3) is 10.8 Å². The van der Waals surface area contributed by atoms with E-state index in [4.69, 9.17) is 0 Å². The van der Waals surface area contributed by atoms with Crippen molar-refractivity contribution in [2.24, 2.45) is 0 Å². The summed E-state index contributed by atoms with van der Waals surface area (Å²) in [5, 5.41) is 1.76. The van der Waals surface area contributed by atoms with Gasteiger partial charge in [0.2, 0.25) is 5.91 Å². The molecule has 1 aromatic heterocycles. The Morgan fingerprint density at radius 1 is 1.18 bits per heavy atom. The topological polar surface area (TPSA) is 36.4 Å². The lowest BCUT2D eigenvalue weighted by molar-refractivity contribution is -0.150. The molecule has 116 valence electrons. The quantitative estimate of drug-likeness (QED) is 0.855. The Labute approximate surface area is 125 Å². The highest BCUT2D eigenvalue weighted by Crippen LogP contribution is 2.28. The number of piperazine rings is 1. The number of pyridine rings is 1. The van der Waals surface area contributed by atoms with Crippen LogP contribution in [0.2, 0.25) is 0 Å². The second kappa shape index (κ2) is 5.57. The lowest BCUT2D eigenvalue weighted by atomic mass is 10.1. The van der Waals surface area contributed by atoms with E-state index in [1.54, 1.807) is 29.4 Å². The van der Waals surface area contributed by atoms with Gasteiger partial charge in [0.05, 0.1) is 18.8 Å². The van der Waals surface area contributed by atoms with E-state index in [0.717, 1.165) is 21.4 Å². The van der Waals surface area contributed by atoms with Gasteiger partial charge in [-0.25, -0.2) is 0 Å². The number of hydrogen-bond acceptors (Lipinski definition) is 3. The van der Waals surface area contributed by atoms with E-state index in [0.29, 0.717) is 0 Å². The monoisotopic (exact) mass is 309 g/mol. The minimum Gasteiger partial charge on any atom is -0.309 e. The van der Waals surface area contributed by atoms with Crippen LogP contribution in [0.4, 0.5) is 18.9 Å². The maximum absolute atomic E-state index is 12.4. The summed E-state index contributed by atoms with van der Waals surface area (Å²) < 4.78 is 37.3. The number of benzene rings is 1. The number of anilines is 1. The molecular weight excluding hydrogens is 295 g/mol. The molecule has 22 heavy (non-hydrogen) atoms. The number of alkyl halides is 3. The zero-order valence-corrected chi connectivity index (χ0v) is 11.7. The number of halogens is 3. The molecule has 0 radical (unpaired) electrons. The second-order valence-corrected chi connectivity index (χ2v) is 5.25. The maximum atomic E-state index is 12.4.